The summed E-state index contributed by atoms with van der Waals surface area (Å²) < 4.78 is 0. The van der Waals surface area contributed by atoms with Crippen molar-refractivity contribution in [1.82, 2.24) is 15.5 Å². The highest BCUT2D eigenvalue weighted by Crippen LogP contribution is 2.18. The highest BCUT2D eigenvalue weighted by Gasteiger charge is 2.25. The summed E-state index contributed by atoms with van der Waals surface area (Å²) in [5, 5.41) is 6.26. The zero-order valence-corrected chi connectivity index (χ0v) is 11.1. The molecule has 0 aromatic heterocycles. The molecule has 1 heterocycles. The van der Waals surface area contributed by atoms with Crippen LogP contribution in [0.2, 0.25) is 0 Å². The first kappa shape index (κ1) is 13.3. The summed E-state index contributed by atoms with van der Waals surface area (Å²) >= 11 is 0. The Balaban J connectivity index is 1.69. The summed E-state index contributed by atoms with van der Waals surface area (Å²) in [5.74, 6) is 0.197. The summed E-state index contributed by atoms with van der Waals surface area (Å²) in [6, 6.07) is 0.794. The van der Waals surface area contributed by atoms with E-state index in [1.54, 1.807) is 0 Å². The van der Waals surface area contributed by atoms with Crippen molar-refractivity contribution >= 4 is 11.8 Å². The molecule has 0 spiro atoms. The van der Waals surface area contributed by atoms with Crippen LogP contribution in [0.5, 0.6) is 0 Å². The number of rotatable bonds is 5. The fourth-order valence-electron chi connectivity index (χ4n) is 2.44. The normalized spacial score (nSPS) is 23.8. The first-order chi connectivity index (χ1) is 8.65. The first-order valence-electron chi connectivity index (χ1n) is 6.93. The lowest BCUT2D eigenvalue weighted by Gasteiger charge is -2.33. The third kappa shape index (κ3) is 4.29. The van der Waals surface area contributed by atoms with E-state index in [4.69, 9.17) is 0 Å². The van der Waals surface area contributed by atoms with Gasteiger partial charge in [0.05, 0.1) is 0 Å². The third-order valence-electron chi connectivity index (χ3n) is 3.53. The van der Waals surface area contributed by atoms with E-state index in [1.165, 1.54) is 19.8 Å². The van der Waals surface area contributed by atoms with Gasteiger partial charge in [-0.2, -0.15) is 0 Å². The van der Waals surface area contributed by atoms with Crippen LogP contribution in [-0.4, -0.2) is 48.4 Å². The lowest BCUT2D eigenvalue weighted by Crippen LogP contribution is -2.49. The van der Waals surface area contributed by atoms with E-state index in [1.807, 2.05) is 4.90 Å². The zero-order valence-electron chi connectivity index (χ0n) is 11.1. The van der Waals surface area contributed by atoms with Crippen molar-refractivity contribution < 1.29 is 9.59 Å². The fourth-order valence-corrected chi connectivity index (χ4v) is 2.44. The van der Waals surface area contributed by atoms with Crippen LogP contribution < -0.4 is 10.6 Å². The number of nitrogens with zero attached hydrogens (tertiary/aromatic N) is 1. The molecule has 1 aliphatic heterocycles. The lowest BCUT2D eigenvalue weighted by molar-refractivity contribution is -0.133. The predicted octanol–water partition coefficient (Wildman–Crippen LogP) is 0.256. The van der Waals surface area contributed by atoms with Gasteiger partial charge in [0.25, 0.3) is 0 Å². The molecule has 0 bridgehead atoms. The molecule has 1 saturated carbocycles. The molecule has 1 unspecified atom stereocenters. The van der Waals surface area contributed by atoms with E-state index < -0.39 is 0 Å². The number of hydrogen-bond donors (Lipinski definition) is 2. The average molecular weight is 253 g/mol. The van der Waals surface area contributed by atoms with Gasteiger partial charge in [-0.15, -0.1) is 0 Å². The van der Waals surface area contributed by atoms with Crippen LogP contribution in [-0.2, 0) is 9.59 Å². The van der Waals surface area contributed by atoms with Crippen LogP contribution in [0.25, 0.3) is 0 Å². The number of nitrogens with one attached hydrogen (secondary N) is 2. The van der Waals surface area contributed by atoms with Gasteiger partial charge in [-0.3, -0.25) is 9.59 Å². The number of carbonyl (C=O) groups excluding carboxylic acids is 2. The second-order valence-electron chi connectivity index (χ2n) is 5.36. The minimum absolute atomic E-state index is 0.00954. The topological polar surface area (TPSA) is 61.4 Å². The SMILES string of the molecule is CC(=O)NC1CCCN(C(=O)CCNC2CC2)C1. The maximum atomic E-state index is 12.0. The van der Waals surface area contributed by atoms with Crippen molar-refractivity contribution in [3.63, 3.8) is 0 Å². The number of likely N-dealkylation sites (tertiary alicyclic amines) is 1. The Kier molecular flexibility index (Phi) is 4.58. The molecule has 0 aromatic carbocycles. The Labute approximate surface area is 108 Å². The molecule has 18 heavy (non-hydrogen) atoms. The molecule has 0 radical (unpaired) electrons. The van der Waals surface area contributed by atoms with Gasteiger partial charge >= 0.3 is 0 Å². The van der Waals surface area contributed by atoms with Crippen LogP contribution in [0.1, 0.15) is 39.0 Å². The summed E-state index contributed by atoms with van der Waals surface area (Å²) in [4.78, 5) is 24.9. The van der Waals surface area contributed by atoms with Gasteiger partial charge in [0.15, 0.2) is 0 Å². The largest absolute Gasteiger partial charge is 0.352 e. The molecule has 0 aromatic rings. The van der Waals surface area contributed by atoms with Gasteiger partial charge in [-0.1, -0.05) is 0 Å². The highest BCUT2D eigenvalue weighted by atomic mass is 16.2. The van der Waals surface area contributed by atoms with E-state index in [0.717, 1.165) is 25.9 Å². The molecule has 5 nitrogen and oxygen atoms in total. The van der Waals surface area contributed by atoms with E-state index in [-0.39, 0.29) is 17.9 Å². The summed E-state index contributed by atoms with van der Waals surface area (Å²) in [7, 11) is 0. The van der Waals surface area contributed by atoms with Crippen LogP contribution in [0.15, 0.2) is 0 Å². The number of carbonyl (C=O) groups is 2. The third-order valence-corrected chi connectivity index (χ3v) is 3.53. The Morgan fingerprint density at radius 2 is 2.00 bits per heavy atom. The van der Waals surface area contributed by atoms with Crippen LogP contribution in [0.3, 0.4) is 0 Å². The molecule has 2 N–H and O–H groups in total. The predicted molar refractivity (Wildman–Crippen MR) is 69.1 cm³/mol. The summed E-state index contributed by atoms with van der Waals surface area (Å²) in [6.07, 6.45) is 5.03. The van der Waals surface area contributed by atoms with Gasteiger partial charge < -0.3 is 15.5 Å². The van der Waals surface area contributed by atoms with E-state index in [9.17, 15) is 9.59 Å². The van der Waals surface area contributed by atoms with E-state index in [0.29, 0.717) is 19.0 Å². The van der Waals surface area contributed by atoms with Crippen LogP contribution in [0, 0.1) is 0 Å². The standard InChI is InChI=1S/C13H23N3O2/c1-10(17)15-12-3-2-8-16(9-12)13(18)6-7-14-11-4-5-11/h11-12,14H,2-9H2,1H3,(H,15,17). The summed E-state index contributed by atoms with van der Waals surface area (Å²) in [5.41, 5.74) is 0. The summed E-state index contributed by atoms with van der Waals surface area (Å²) in [6.45, 7) is 3.81. The molecule has 1 saturated heterocycles. The number of hydrogen-bond acceptors (Lipinski definition) is 3. The minimum atomic E-state index is -0.00954. The Morgan fingerprint density at radius 1 is 1.22 bits per heavy atom. The minimum Gasteiger partial charge on any atom is -0.352 e. The molecule has 2 fully saturated rings. The molecule has 2 amide bonds. The quantitative estimate of drug-likeness (QED) is 0.738. The van der Waals surface area contributed by atoms with Crippen LogP contribution >= 0.6 is 0 Å². The smallest absolute Gasteiger partial charge is 0.223 e. The van der Waals surface area contributed by atoms with Crippen LogP contribution in [0.4, 0.5) is 0 Å². The Hall–Kier alpha value is -1.10. The fraction of sp³-hybridized carbons (Fsp3) is 0.846. The first-order valence-corrected chi connectivity index (χ1v) is 6.93. The highest BCUT2D eigenvalue weighted by molar-refractivity contribution is 5.77. The van der Waals surface area contributed by atoms with Crippen molar-refractivity contribution in [2.45, 2.75) is 51.1 Å². The van der Waals surface area contributed by atoms with Crippen molar-refractivity contribution in [3.05, 3.63) is 0 Å². The molecule has 1 aliphatic carbocycles. The molecule has 1 atom stereocenters. The Bertz CT molecular complexity index is 315. The number of amides is 2. The molecule has 2 rings (SSSR count). The Morgan fingerprint density at radius 3 is 2.67 bits per heavy atom. The second kappa shape index (κ2) is 6.18. The molecule has 102 valence electrons. The van der Waals surface area contributed by atoms with E-state index in [2.05, 4.69) is 10.6 Å². The van der Waals surface area contributed by atoms with Gasteiger partial charge in [0, 0.05) is 45.1 Å². The average Bonchev–Trinajstić information content (AvgIpc) is 3.12. The van der Waals surface area contributed by atoms with Gasteiger partial charge in [0.2, 0.25) is 11.8 Å². The molecular formula is C13H23N3O2. The molecule has 2 aliphatic rings. The molecule has 5 heteroatoms. The zero-order chi connectivity index (χ0) is 13.0. The van der Waals surface area contributed by atoms with Crippen molar-refractivity contribution in [3.8, 4) is 0 Å². The lowest BCUT2D eigenvalue weighted by atomic mass is 10.1. The van der Waals surface area contributed by atoms with Crippen molar-refractivity contribution in [1.29, 1.82) is 0 Å². The molecular weight excluding hydrogens is 230 g/mol. The monoisotopic (exact) mass is 253 g/mol. The van der Waals surface area contributed by atoms with Crippen molar-refractivity contribution in [2.75, 3.05) is 19.6 Å². The maximum Gasteiger partial charge on any atom is 0.223 e. The number of piperidine rings is 1. The maximum absolute atomic E-state index is 12.0. The van der Waals surface area contributed by atoms with E-state index >= 15 is 0 Å². The second-order valence-corrected chi connectivity index (χ2v) is 5.36. The van der Waals surface area contributed by atoms with Crippen molar-refractivity contribution in [2.24, 2.45) is 0 Å². The van der Waals surface area contributed by atoms with Gasteiger partial charge in [-0.25, -0.2) is 0 Å². The van der Waals surface area contributed by atoms with Gasteiger partial charge in [0.1, 0.15) is 0 Å². The van der Waals surface area contributed by atoms with Gasteiger partial charge in [-0.05, 0) is 25.7 Å².